The van der Waals surface area contributed by atoms with Crippen LogP contribution in [0.3, 0.4) is 0 Å². The Bertz CT molecular complexity index is 2010. The molecule has 0 aliphatic carbocycles. The average Bonchev–Trinajstić information content (AvgIpc) is 3.66. The minimum Gasteiger partial charge on any atom is -0.392 e. The van der Waals surface area contributed by atoms with Crippen LogP contribution in [0.25, 0.3) is 16.8 Å². The Kier molecular flexibility index (Phi) is 10.4. The molecule has 252 valence electrons. The summed E-state index contributed by atoms with van der Waals surface area (Å²) in [6.45, 7) is 2.53. The fraction of sp³-hybridized carbons (Fsp3) is 0.200. The normalized spacial score (nSPS) is 18.8. The predicted molar refractivity (Wildman–Crippen MR) is 192 cm³/mol. The standard InChI is InChI=1S/C40H37N5O4S/c1-27-36(26-50-40-42-43-44-45(40)34-13-6-3-7-14-34)48-39(49-37(27)30-18-16-28(25-46)17-19-30)32-22-20-29(21-23-32)35-15-9-8-12-33(35)24-41-38(47)31-10-4-2-5-11-31/h2-23,27,36-37,39,46H,24-26H2,1H3,(H,41,47)/t27-,36+,37+,39+/m0/s1. The molecule has 9 nitrogen and oxygen atoms in total. The smallest absolute Gasteiger partial charge is 0.251 e. The van der Waals surface area contributed by atoms with Gasteiger partial charge < -0.3 is 19.9 Å². The van der Waals surface area contributed by atoms with Crippen LogP contribution >= 0.6 is 11.8 Å². The molecular formula is C40H37N5O4S. The molecule has 1 saturated heterocycles. The second kappa shape index (κ2) is 15.6. The second-order valence-corrected chi connectivity index (χ2v) is 13.2. The molecule has 2 heterocycles. The van der Waals surface area contributed by atoms with E-state index in [2.05, 4.69) is 46.0 Å². The minimum atomic E-state index is -0.612. The van der Waals surface area contributed by atoms with Gasteiger partial charge in [-0.3, -0.25) is 4.79 Å². The Labute approximate surface area is 295 Å². The molecule has 1 aliphatic heterocycles. The number of rotatable bonds is 11. The van der Waals surface area contributed by atoms with Gasteiger partial charge in [0.15, 0.2) is 6.29 Å². The monoisotopic (exact) mass is 683 g/mol. The second-order valence-electron chi connectivity index (χ2n) is 12.2. The highest BCUT2D eigenvalue weighted by atomic mass is 32.2. The van der Waals surface area contributed by atoms with Crippen LogP contribution in [0.1, 0.15) is 51.9 Å². The maximum absolute atomic E-state index is 12.7. The van der Waals surface area contributed by atoms with E-state index >= 15 is 0 Å². The lowest BCUT2D eigenvalue weighted by Gasteiger charge is -2.41. The van der Waals surface area contributed by atoms with Gasteiger partial charge in [0.1, 0.15) is 0 Å². The van der Waals surface area contributed by atoms with E-state index in [4.69, 9.17) is 9.47 Å². The molecule has 0 saturated carbocycles. The summed E-state index contributed by atoms with van der Waals surface area (Å²) in [5, 5.41) is 25.8. The zero-order valence-electron chi connectivity index (χ0n) is 27.5. The fourth-order valence-electron chi connectivity index (χ4n) is 6.11. The van der Waals surface area contributed by atoms with E-state index in [0.717, 1.165) is 39.1 Å². The van der Waals surface area contributed by atoms with Gasteiger partial charge >= 0.3 is 0 Å². The number of aliphatic hydroxyl groups excluding tert-OH is 1. The molecular weight excluding hydrogens is 647 g/mol. The van der Waals surface area contributed by atoms with Gasteiger partial charge in [0, 0.05) is 29.3 Å². The van der Waals surface area contributed by atoms with Crippen LogP contribution in [0.15, 0.2) is 139 Å². The van der Waals surface area contributed by atoms with Crippen LogP contribution in [0.5, 0.6) is 0 Å². The Morgan fingerprint density at radius 1 is 0.820 bits per heavy atom. The molecule has 7 rings (SSSR count). The number of aromatic nitrogens is 4. The number of amides is 1. The van der Waals surface area contributed by atoms with Gasteiger partial charge in [-0.2, -0.15) is 4.68 Å². The number of nitrogens with one attached hydrogen (secondary N) is 1. The van der Waals surface area contributed by atoms with Crippen molar-refractivity contribution in [2.75, 3.05) is 5.75 Å². The van der Waals surface area contributed by atoms with Gasteiger partial charge in [-0.25, -0.2) is 0 Å². The number of carbonyl (C=O) groups excluding carboxylic acids is 1. The van der Waals surface area contributed by atoms with Crippen LogP contribution in [-0.2, 0) is 22.6 Å². The summed E-state index contributed by atoms with van der Waals surface area (Å²) in [6, 6.07) is 43.3. The molecule has 5 aromatic carbocycles. The third kappa shape index (κ3) is 7.54. The fourth-order valence-corrected chi connectivity index (χ4v) is 7.16. The molecule has 1 aliphatic rings. The number of ether oxygens (including phenoxy) is 2. The molecule has 50 heavy (non-hydrogen) atoms. The van der Waals surface area contributed by atoms with E-state index in [1.807, 2.05) is 115 Å². The van der Waals surface area contributed by atoms with Crippen molar-refractivity contribution in [3.8, 4) is 16.8 Å². The molecule has 2 N–H and O–H groups in total. The molecule has 6 aromatic rings. The molecule has 1 aromatic heterocycles. The van der Waals surface area contributed by atoms with Gasteiger partial charge in [0.25, 0.3) is 5.91 Å². The summed E-state index contributed by atoms with van der Waals surface area (Å²) in [5.74, 6) is 0.512. The van der Waals surface area contributed by atoms with Crippen molar-refractivity contribution in [1.82, 2.24) is 25.5 Å². The van der Waals surface area contributed by atoms with E-state index in [0.29, 0.717) is 23.0 Å². The number of thioether (sulfide) groups is 1. The summed E-state index contributed by atoms with van der Waals surface area (Å²) >= 11 is 1.55. The zero-order valence-corrected chi connectivity index (χ0v) is 28.3. The van der Waals surface area contributed by atoms with Crippen molar-refractivity contribution in [2.45, 2.75) is 43.7 Å². The van der Waals surface area contributed by atoms with Crippen LogP contribution in [0, 0.1) is 5.92 Å². The van der Waals surface area contributed by atoms with Gasteiger partial charge in [-0.1, -0.05) is 128 Å². The Morgan fingerprint density at radius 3 is 2.24 bits per heavy atom. The first-order valence-electron chi connectivity index (χ1n) is 16.6. The SMILES string of the molecule is C[C@H]1[C@@H](CSc2nnnn2-c2ccccc2)O[C@@H](c2ccc(-c3ccccc3CNC(=O)c3ccccc3)cc2)O[C@H]1c1ccc(CO)cc1. The zero-order chi connectivity index (χ0) is 34.3. The van der Waals surface area contributed by atoms with Crippen LogP contribution in [0.4, 0.5) is 0 Å². The Morgan fingerprint density at radius 2 is 1.50 bits per heavy atom. The largest absolute Gasteiger partial charge is 0.392 e. The van der Waals surface area contributed by atoms with E-state index in [1.165, 1.54) is 0 Å². The quantitative estimate of drug-likeness (QED) is 0.137. The molecule has 0 radical (unpaired) electrons. The third-order valence-electron chi connectivity index (χ3n) is 8.93. The minimum absolute atomic E-state index is 0.0111. The van der Waals surface area contributed by atoms with Crippen LogP contribution in [-0.4, -0.2) is 43.1 Å². The third-order valence-corrected chi connectivity index (χ3v) is 9.94. The van der Waals surface area contributed by atoms with Crippen LogP contribution in [0.2, 0.25) is 0 Å². The van der Waals surface area contributed by atoms with E-state index in [-0.39, 0.29) is 30.6 Å². The number of para-hydroxylation sites is 1. The lowest BCUT2D eigenvalue weighted by atomic mass is 9.91. The van der Waals surface area contributed by atoms with Crippen LogP contribution < -0.4 is 5.32 Å². The summed E-state index contributed by atoms with van der Waals surface area (Å²) in [4.78, 5) is 12.7. The number of aliphatic hydroxyl groups is 1. The maximum atomic E-state index is 12.7. The van der Waals surface area contributed by atoms with E-state index in [9.17, 15) is 9.90 Å². The van der Waals surface area contributed by atoms with Crippen molar-refractivity contribution < 1.29 is 19.4 Å². The van der Waals surface area contributed by atoms with Crippen molar-refractivity contribution in [1.29, 1.82) is 0 Å². The van der Waals surface area contributed by atoms with Gasteiger partial charge in [0.2, 0.25) is 5.16 Å². The Hall–Kier alpha value is -5.13. The van der Waals surface area contributed by atoms with Crippen molar-refractivity contribution in [2.24, 2.45) is 5.92 Å². The number of hydrogen-bond donors (Lipinski definition) is 2. The number of tetrazole rings is 1. The molecule has 0 bridgehead atoms. The van der Waals surface area contributed by atoms with Gasteiger partial charge in [0.05, 0.1) is 24.5 Å². The first kappa shape index (κ1) is 33.4. The number of carbonyl (C=O) groups is 1. The highest BCUT2D eigenvalue weighted by Crippen LogP contribution is 2.43. The summed E-state index contributed by atoms with van der Waals surface area (Å²) in [5.41, 5.74) is 7.38. The maximum Gasteiger partial charge on any atom is 0.251 e. The first-order valence-corrected chi connectivity index (χ1v) is 17.5. The lowest BCUT2D eigenvalue weighted by Crippen LogP contribution is -2.38. The topological polar surface area (TPSA) is 111 Å². The molecule has 1 amide bonds. The van der Waals surface area contributed by atoms with Crippen molar-refractivity contribution in [3.63, 3.8) is 0 Å². The number of benzene rings is 5. The lowest BCUT2D eigenvalue weighted by molar-refractivity contribution is -0.268. The van der Waals surface area contributed by atoms with Crippen molar-refractivity contribution in [3.05, 3.63) is 161 Å². The van der Waals surface area contributed by atoms with Gasteiger partial charge in [-0.15, -0.1) is 5.10 Å². The Balaban J connectivity index is 1.11. The molecule has 0 unspecified atom stereocenters. The van der Waals surface area contributed by atoms with E-state index < -0.39 is 6.29 Å². The number of nitrogens with zero attached hydrogens (tertiary/aromatic N) is 4. The predicted octanol–water partition coefficient (Wildman–Crippen LogP) is 7.34. The highest BCUT2D eigenvalue weighted by Gasteiger charge is 2.38. The molecule has 10 heteroatoms. The summed E-state index contributed by atoms with van der Waals surface area (Å²) in [6.07, 6.45) is -1.04. The average molecular weight is 684 g/mol. The first-order chi connectivity index (χ1) is 24.6. The number of hydrogen-bond acceptors (Lipinski definition) is 8. The highest BCUT2D eigenvalue weighted by molar-refractivity contribution is 7.99. The molecule has 1 fully saturated rings. The summed E-state index contributed by atoms with van der Waals surface area (Å²) in [7, 11) is 0. The molecule has 0 spiro atoms. The summed E-state index contributed by atoms with van der Waals surface area (Å²) < 4.78 is 15.1. The van der Waals surface area contributed by atoms with Gasteiger partial charge in [-0.05, 0) is 62.5 Å². The van der Waals surface area contributed by atoms with Crippen molar-refractivity contribution >= 4 is 17.7 Å². The molecule has 4 atom stereocenters. The van der Waals surface area contributed by atoms with E-state index in [1.54, 1.807) is 16.4 Å².